The molecule has 0 aliphatic heterocycles. The molecule has 2 saturated carbocycles. The van der Waals surface area contributed by atoms with Crippen LogP contribution in [-0.4, -0.2) is 21.7 Å². The second-order valence-corrected chi connectivity index (χ2v) is 8.14. The molecular formula is C21H26ClF2N3O2. The Hall–Kier alpha value is -1.99. The van der Waals surface area contributed by atoms with Crippen LogP contribution in [0.2, 0.25) is 5.02 Å². The Bertz CT molecular complexity index is 793. The van der Waals surface area contributed by atoms with Crippen LogP contribution in [0.3, 0.4) is 0 Å². The van der Waals surface area contributed by atoms with Crippen molar-refractivity contribution in [3.63, 3.8) is 0 Å². The van der Waals surface area contributed by atoms with Crippen LogP contribution in [0.1, 0.15) is 68.2 Å². The molecule has 1 heterocycles. The molecule has 2 unspecified atom stereocenters. The van der Waals surface area contributed by atoms with Crippen molar-refractivity contribution in [2.24, 2.45) is 11.8 Å². The topological polar surface area (TPSA) is 78.0 Å². The van der Waals surface area contributed by atoms with Crippen LogP contribution in [0, 0.1) is 23.5 Å². The zero-order chi connectivity index (χ0) is 20.8. The summed E-state index contributed by atoms with van der Waals surface area (Å²) in [5, 5.41) is 18.6. The summed E-state index contributed by atoms with van der Waals surface area (Å²) in [7, 11) is 0. The number of aliphatic hydroxyl groups excluding tert-OH is 1. The summed E-state index contributed by atoms with van der Waals surface area (Å²) in [5.74, 6) is -0.892. The van der Waals surface area contributed by atoms with Gasteiger partial charge in [0.15, 0.2) is 0 Å². The number of halogens is 3. The number of aromatic nitrogens is 2. The molecule has 2 aromatic rings. The van der Waals surface area contributed by atoms with Crippen LogP contribution in [0.15, 0.2) is 24.5 Å². The van der Waals surface area contributed by atoms with Crippen molar-refractivity contribution in [3.05, 3.63) is 52.3 Å². The van der Waals surface area contributed by atoms with Gasteiger partial charge in [0.25, 0.3) is 0 Å². The van der Waals surface area contributed by atoms with Gasteiger partial charge < -0.3 is 10.4 Å². The highest BCUT2D eigenvalue weighted by Gasteiger charge is 2.31. The average molecular weight is 426 g/mol. The Morgan fingerprint density at radius 1 is 1.17 bits per heavy atom. The van der Waals surface area contributed by atoms with Crippen molar-refractivity contribution in [2.75, 3.05) is 0 Å². The Morgan fingerprint density at radius 2 is 1.86 bits per heavy atom. The van der Waals surface area contributed by atoms with Gasteiger partial charge in [0.05, 0.1) is 23.4 Å². The first-order valence-corrected chi connectivity index (χ1v) is 10.4. The SMILES string of the molecule is O=CNC(c1c(F)ccc(Cl)c1F)C1CCCC1.OC(c1cn[nH]c1)C1CCC1. The van der Waals surface area contributed by atoms with Gasteiger partial charge in [-0.2, -0.15) is 5.10 Å². The lowest BCUT2D eigenvalue weighted by molar-refractivity contribution is -0.110. The maximum atomic E-state index is 14.0. The molecule has 0 bridgehead atoms. The fourth-order valence-corrected chi connectivity index (χ4v) is 4.26. The van der Waals surface area contributed by atoms with Crippen LogP contribution >= 0.6 is 11.6 Å². The number of carbonyl (C=O) groups is 1. The van der Waals surface area contributed by atoms with Crippen molar-refractivity contribution >= 4 is 18.0 Å². The Morgan fingerprint density at radius 3 is 2.41 bits per heavy atom. The number of nitrogens with one attached hydrogen (secondary N) is 2. The van der Waals surface area contributed by atoms with E-state index in [4.69, 9.17) is 11.6 Å². The predicted molar refractivity (Wildman–Crippen MR) is 106 cm³/mol. The summed E-state index contributed by atoms with van der Waals surface area (Å²) in [6.45, 7) is 0. The van der Waals surface area contributed by atoms with Gasteiger partial charge in [-0.15, -0.1) is 0 Å². The van der Waals surface area contributed by atoms with E-state index in [1.54, 1.807) is 12.4 Å². The maximum Gasteiger partial charge on any atom is 0.207 e. The lowest BCUT2D eigenvalue weighted by Crippen LogP contribution is -2.28. The number of hydrogen-bond acceptors (Lipinski definition) is 3. The van der Waals surface area contributed by atoms with E-state index < -0.39 is 17.7 Å². The van der Waals surface area contributed by atoms with E-state index in [2.05, 4.69) is 15.5 Å². The van der Waals surface area contributed by atoms with E-state index >= 15 is 0 Å². The van der Waals surface area contributed by atoms with Crippen LogP contribution in [0.5, 0.6) is 0 Å². The van der Waals surface area contributed by atoms with Crippen molar-refractivity contribution in [1.82, 2.24) is 15.5 Å². The summed E-state index contributed by atoms with van der Waals surface area (Å²) in [6.07, 6.45) is 11.0. The number of benzene rings is 1. The Labute approximate surface area is 173 Å². The minimum absolute atomic E-state index is 0.0673. The first-order chi connectivity index (χ1) is 14.0. The summed E-state index contributed by atoms with van der Waals surface area (Å²) in [5.41, 5.74) is 0.802. The summed E-state index contributed by atoms with van der Waals surface area (Å²) < 4.78 is 27.8. The molecule has 2 aliphatic carbocycles. The van der Waals surface area contributed by atoms with Gasteiger partial charge in [-0.05, 0) is 49.7 Å². The molecule has 4 rings (SSSR count). The molecule has 5 nitrogen and oxygen atoms in total. The monoisotopic (exact) mass is 425 g/mol. The molecule has 8 heteroatoms. The van der Waals surface area contributed by atoms with Crippen molar-refractivity contribution < 1.29 is 18.7 Å². The molecule has 2 aliphatic rings. The van der Waals surface area contributed by atoms with Gasteiger partial charge in [-0.1, -0.05) is 30.9 Å². The first-order valence-electron chi connectivity index (χ1n) is 10.0. The minimum Gasteiger partial charge on any atom is -0.388 e. The van der Waals surface area contributed by atoms with Gasteiger partial charge in [-0.25, -0.2) is 8.78 Å². The largest absolute Gasteiger partial charge is 0.388 e. The highest BCUT2D eigenvalue weighted by molar-refractivity contribution is 6.30. The number of carbonyl (C=O) groups excluding carboxylic acids is 1. The van der Waals surface area contributed by atoms with E-state index in [1.165, 1.54) is 12.5 Å². The fourth-order valence-electron chi connectivity index (χ4n) is 4.10. The third-order valence-electron chi connectivity index (χ3n) is 5.97. The number of aliphatic hydroxyl groups is 1. The third-order valence-corrected chi connectivity index (χ3v) is 6.26. The molecule has 1 aromatic heterocycles. The molecule has 3 N–H and O–H groups in total. The summed E-state index contributed by atoms with van der Waals surface area (Å²) >= 11 is 5.68. The van der Waals surface area contributed by atoms with Gasteiger partial charge in [-0.3, -0.25) is 9.89 Å². The lowest BCUT2D eigenvalue weighted by atomic mass is 9.79. The highest BCUT2D eigenvalue weighted by atomic mass is 35.5. The van der Waals surface area contributed by atoms with Gasteiger partial charge in [0.1, 0.15) is 11.6 Å². The molecular weight excluding hydrogens is 400 g/mol. The Kier molecular flexibility index (Phi) is 7.61. The lowest BCUT2D eigenvalue weighted by Gasteiger charge is -2.29. The molecule has 0 radical (unpaired) electrons. The summed E-state index contributed by atoms with van der Waals surface area (Å²) in [4.78, 5) is 10.7. The third kappa shape index (κ3) is 5.14. The van der Waals surface area contributed by atoms with Crippen molar-refractivity contribution in [1.29, 1.82) is 0 Å². The number of amides is 1. The quantitative estimate of drug-likeness (QED) is 0.457. The number of aromatic amines is 1. The smallest absolute Gasteiger partial charge is 0.207 e. The van der Waals surface area contributed by atoms with E-state index in [0.717, 1.165) is 50.2 Å². The van der Waals surface area contributed by atoms with E-state index in [9.17, 15) is 18.7 Å². The van der Waals surface area contributed by atoms with Gasteiger partial charge in [0, 0.05) is 17.3 Å². The molecule has 0 saturated heterocycles. The second kappa shape index (κ2) is 10.2. The fraction of sp³-hybridized carbons (Fsp3) is 0.524. The van der Waals surface area contributed by atoms with Gasteiger partial charge >= 0.3 is 0 Å². The molecule has 2 atom stereocenters. The van der Waals surface area contributed by atoms with Crippen molar-refractivity contribution in [3.8, 4) is 0 Å². The number of rotatable bonds is 6. The number of H-pyrrole nitrogens is 1. The molecule has 29 heavy (non-hydrogen) atoms. The van der Waals surface area contributed by atoms with E-state index in [0.29, 0.717) is 12.3 Å². The average Bonchev–Trinajstić information content (AvgIpc) is 3.37. The highest BCUT2D eigenvalue weighted by Crippen LogP contribution is 2.39. The molecule has 0 spiro atoms. The number of nitrogens with zero attached hydrogens (tertiary/aromatic N) is 1. The maximum absolute atomic E-state index is 14.0. The molecule has 158 valence electrons. The van der Waals surface area contributed by atoms with Crippen LogP contribution in [-0.2, 0) is 4.79 Å². The standard InChI is InChI=1S/C13H14ClF2NO.C8H12N2O/c14-9-5-6-10(15)11(12(9)16)13(17-7-18)8-3-1-2-4-8;11-8(6-2-1-3-6)7-4-9-10-5-7/h5-8,13H,1-4H2,(H,17,18);4-6,8,11H,1-3H2,(H,9,10). The Balaban J connectivity index is 0.000000186. The molecule has 1 aromatic carbocycles. The number of hydrogen-bond donors (Lipinski definition) is 3. The zero-order valence-electron chi connectivity index (χ0n) is 16.1. The van der Waals surface area contributed by atoms with Crippen LogP contribution < -0.4 is 5.32 Å². The van der Waals surface area contributed by atoms with Crippen molar-refractivity contribution in [2.45, 2.75) is 57.1 Å². The van der Waals surface area contributed by atoms with E-state index in [-0.39, 0.29) is 22.6 Å². The molecule has 2 fully saturated rings. The van der Waals surface area contributed by atoms with Gasteiger partial charge in [0.2, 0.25) is 6.41 Å². The summed E-state index contributed by atoms with van der Waals surface area (Å²) in [6, 6.07) is 1.68. The second-order valence-electron chi connectivity index (χ2n) is 7.73. The van der Waals surface area contributed by atoms with Crippen LogP contribution in [0.25, 0.3) is 0 Å². The van der Waals surface area contributed by atoms with Crippen LogP contribution in [0.4, 0.5) is 8.78 Å². The predicted octanol–water partition coefficient (Wildman–Crippen LogP) is 4.84. The molecule has 1 amide bonds. The first kappa shape index (κ1) is 21.7. The normalized spacial score (nSPS) is 19.0. The van der Waals surface area contributed by atoms with E-state index in [1.807, 2.05) is 0 Å². The zero-order valence-corrected chi connectivity index (χ0v) is 16.8. The minimum atomic E-state index is -0.775.